The smallest absolute Gasteiger partial charge is 0.350 e. The van der Waals surface area contributed by atoms with Crippen molar-refractivity contribution in [2.24, 2.45) is 16.7 Å². The van der Waals surface area contributed by atoms with Crippen molar-refractivity contribution in [3.8, 4) is 0 Å². The van der Waals surface area contributed by atoms with E-state index >= 15 is 9.59 Å². The van der Waals surface area contributed by atoms with E-state index in [0.29, 0.717) is 26.4 Å². The molecule has 1 aliphatic heterocycles. The molecule has 420 valence electrons. The first-order valence-electron chi connectivity index (χ1n) is 26.0. The first-order valence-corrected chi connectivity index (χ1v) is 26.0. The highest BCUT2D eigenvalue weighted by Gasteiger charge is 2.78. The molecule has 3 fully saturated rings. The van der Waals surface area contributed by atoms with Crippen LogP contribution in [0.1, 0.15) is 99.5 Å². The zero-order valence-electron chi connectivity index (χ0n) is 44.7. The van der Waals surface area contributed by atoms with Gasteiger partial charge in [0.15, 0.2) is 17.5 Å². The third-order valence-electron chi connectivity index (χ3n) is 15.5. The van der Waals surface area contributed by atoms with Gasteiger partial charge >= 0.3 is 29.8 Å². The second kappa shape index (κ2) is 24.8. The Morgan fingerprint density at radius 1 is 0.795 bits per heavy atom. The fraction of sp³-hybridized carbons (Fsp3) is 0.509. The number of ketones is 1. The van der Waals surface area contributed by atoms with E-state index in [2.05, 4.69) is 16.4 Å². The molecule has 21 heteroatoms. The summed E-state index contributed by atoms with van der Waals surface area (Å²) in [7, 11) is 0. The maximum Gasteiger partial charge on any atom is 0.350 e. The Balaban J connectivity index is 1.32. The van der Waals surface area contributed by atoms with Gasteiger partial charge in [0.25, 0.3) is 5.91 Å². The number of benzene rings is 3. The second-order valence-corrected chi connectivity index (χ2v) is 20.7. The van der Waals surface area contributed by atoms with Crippen LogP contribution in [0.25, 0.3) is 0 Å². The molecule has 0 radical (unpaired) electrons. The van der Waals surface area contributed by atoms with Crippen molar-refractivity contribution in [3.63, 3.8) is 0 Å². The van der Waals surface area contributed by atoms with E-state index in [1.54, 1.807) is 66.7 Å². The summed E-state index contributed by atoms with van der Waals surface area (Å²) < 4.78 is 47.6. The summed E-state index contributed by atoms with van der Waals surface area (Å²) in [6, 6.07) is 22.4. The monoisotopic (exact) mass is 1080 g/mol. The van der Waals surface area contributed by atoms with Crippen LogP contribution in [0, 0.1) is 16.7 Å². The number of ether oxygens (including phenoxy) is 8. The van der Waals surface area contributed by atoms with Crippen LogP contribution in [0.3, 0.4) is 0 Å². The molecule has 0 aromatic heterocycles. The van der Waals surface area contributed by atoms with Crippen LogP contribution in [0.2, 0.25) is 0 Å². The van der Waals surface area contributed by atoms with Gasteiger partial charge in [0.2, 0.25) is 12.0 Å². The van der Waals surface area contributed by atoms with Crippen molar-refractivity contribution in [3.05, 3.63) is 119 Å². The topological polar surface area (TPSA) is 303 Å². The van der Waals surface area contributed by atoms with Crippen molar-refractivity contribution < 1.29 is 92.2 Å². The standard InChI is InChI=1S/C57H69N3O18/c1-33-39(75-53(69)47(76-43(65)23-22-42(64)59-25-27-72-29-28-71-26-24-58)45(36-16-10-7-11-17-36)60-51(67)37-18-12-8-13-19-37)31-57(70)50(77-52(68)38-20-14-9-15-21-38)48-55(6,40(63)30-41-56(48,32-73-41)78-35(3)62)49(66)46(74-34(2)61)44(33)54(57,4)5/h7-21,39-41,45-48,50,63,70H,22-32,58H2,1-6H3,(H,59,64)(H,60,67)/p+1/t39?,40-,41?,45-,46+,47+,48-,50-,55+,56-,57+/m0/s1. The zero-order chi connectivity index (χ0) is 56.6. The van der Waals surface area contributed by atoms with Gasteiger partial charge in [0, 0.05) is 50.6 Å². The SMILES string of the molecule is CC(=O)O[C@H]1C(=O)[C@]2(C)[C@@H](O)CC3OC[C@@]3(OC(C)=O)[C@H]2[C@H](OC(=O)c2ccccc2)[C@]2(O)CC(OC(=O)[C@H](OC(=O)CCC(=O)NCCOCCOCC[NH3+])[C@@H](NC(=O)c3ccccc3)c3ccccc3)C(C)=C1C2(C)C. The number of esters is 5. The van der Waals surface area contributed by atoms with Gasteiger partial charge < -0.3 is 64.5 Å². The van der Waals surface area contributed by atoms with Crippen LogP contribution < -0.4 is 16.4 Å². The van der Waals surface area contributed by atoms with Gasteiger partial charge in [0.05, 0.1) is 69.0 Å². The summed E-state index contributed by atoms with van der Waals surface area (Å²) in [6.45, 7) is 9.80. The lowest BCUT2D eigenvalue weighted by Crippen LogP contribution is -2.82. The Hall–Kier alpha value is -6.88. The molecule has 2 saturated carbocycles. The van der Waals surface area contributed by atoms with E-state index in [0.717, 1.165) is 13.8 Å². The highest BCUT2D eigenvalue weighted by molar-refractivity contribution is 5.96. The predicted octanol–water partition coefficient (Wildman–Crippen LogP) is 2.46. The van der Waals surface area contributed by atoms with Gasteiger partial charge in [-0.05, 0) is 54.8 Å². The normalized spacial score (nSPS) is 27.6. The third-order valence-corrected chi connectivity index (χ3v) is 15.5. The van der Waals surface area contributed by atoms with E-state index < -0.39 is 131 Å². The average molecular weight is 1090 g/mol. The van der Waals surface area contributed by atoms with E-state index in [1.165, 1.54) is 52.0 Å². The number of carbonyl (C=O) groups excluding carboxylic acids is 8. The summed E-state index contributed by atoms with van der Waals surface area (Å²) in [5.41, 5.74) is -4.01. The van der Waals surface area contributed by atoms with E-state index in [-0.39, 0.29) is 60.4 Å². The summed E-state index contributed by atoms with van der Waals surface area (Å²) in [4.78, 5) is 113. The third kappa shape index (κ3) is 12.1. The maximum atomic E-state index is 15.8. The van der Waals surface area contributed by atoms with Crippen LogP contribution in [-0.2, 0) is 66.7 Å². The Morgan fingerprint density at radius 3 is 2.00 bits per heavy atom. The van der Waals surface area contributed by atoms with E-state index in [9.17, 15) is 39.0 Å². The van der Waals surface area contributed by atoms with Crippen molar-refractivity contribution >= 4 is 47.4 Å². The maximum absolute atomic E-state index is 15.8. The first-order chi connectivity index (χ1) is 37.1. The Bertz CT molecular complexity index is 2720. The molecule has 7 N–H and O–H groups in total. The lowest BCUT2D eigenvalue weighted by atomic mass is 9.44. The molecule has 3 aliphatic carbocycles. The number of aliphatic hydroxyl groups is 2. The van der Waals surface area contributed by atoms with Crippen molar-refractivity contribution in [2.75, 3.05) is 46.1 Å². The fourth-order valence-electron chi connectivity index (χ4n) is 11.5. The number of hydrogen-bond acceptors (Lipinski definition) is 18. The summed E-state index contributed by atoms with van der Waals surface area (Å²) in [5.74, 6) is -8.80. The highest BCUT2D eigenvalue weighted by atomic mass is 16.6. The Kier molecular flexibility index (Phi) is 18.7. The van der Waals surface area contributed by atoms with Gasteiger partial charge in [-0.25, -0.2) is 9.59 Å². The van der Waals surface area contributed by atoms with Crippen LogP contribution in [-0.4, -0.2) is 152 Å². The minimum atomic E-state index is -2.50. The lowest BCUT2D eigenvalue weighted by molar-refractivity contribution is -0.374. The second-order valence-electron chi connectivity index (χ2n) is 20.7. The summed E-state index contributed by atoms with van der Waals surface area (Å²) in [6.07, 6.45) is -12.0. The largest absolute Gasteiger partial charge is 0.455 e. The van der Waals surface area contributed by atoms with E-state index in [1.807, 2.05) is 0 Å². The molecule has 21 nitrogen and oxygen atoms in total. The molecule has 3 aromatic rings. The number of carbonyl (C=O) groups is 8. The fourth-order valence-corrected chi connectivity index (χ4v) is 11.5. The minimum absolute atomic E-state index is 0.0273. The molecule has 2 unspecified atom stereocenters. The number of amides is 2. The molecule has 11 atom stereocenters. The van der Waals surface area contributed by atoms with Crippen molar-refractivity contribution in [1.82, 2.24) is 10.6 Å². The molecule has 3 aromatic carbocycles. The molecule has 0 spiro atoms. The molecule has 1 saturated heterocycles. The number of quaternary nitrogens is 1. The number of hydrogen-bond donors (Lipinski definition) is 5. The molecule has 7 rings (SSSR count). The molecule has 2 amide bonds. The summed E-state index contributed by atoms with van der Waals surface area (Å²) in [5, 5.41) is 31.7. The van der Waals surface area contributed by atoms with Gasteiger partial charge in [0.1, 0.15) is 30.0 Å². The number of aliphatic hydroxyl groups excluding tert-OH is 1. The minimum Gasteiger partial charge on any atom is -0.455 e. The van der Waals surface area contributed by atoms with Crippen molar-refractivity contribution in [2.45, 2.75) is 121 Å². The molecule has 1 heterocycles. The highest BCUT2D eigenvalue weighted by Crippen LogP contribution is 2.64. The zero-order valence-corrected chi connectivity index (χ0v) is 44.7. The summed E-state index contributed by atoms with van der Waals surface area (Å²) >= 11 is 0. The van der Waals surface area contributed by atoms with Gasteiger partial charge in [-0.3, -0.25) is 28.8 Å². The molecular formula is C57H70N3O18+. The number of Topliss-reactive ketones (excluding diaryl/α,β-unsaturated/α-hetero) is 1. The predicted molar refractivity (Wildman–Crippen MR) is 273 cm³/mol. The molecular weight excluding hydrogens is 1010 g/mol. The number of fused-ring (bicyclic) bond motifs is 5. The number of rotatable bonds is 22. The van der Waals surface area contributed by atoms with Gasteiger partial charge in [-0.15, -0.1) is 0 Å². The van der Waals surface area contributed by atoms with Crippen LogP contribution in [0.15, 0.2) is 102 Å². The van der Waals surface area contributed by atoms with Crippen molar-refractivity contribution in [1.29, 1.82) is 0 Å². The first kappa shape index (κ1) is 58.8. The molecule has 78 heavy (non-hydrogen) atoms. The van der Waals surface area contributed by atoms with Gasteiger partial charge in [-0.2, -0.15) is 0 Å². The average Bonchev–Trinajstić information content (AvgIpc) is 2.87. The Labute approximate surface area is 451 Å². The van der Waals surface area contributed by atoms with Crippen LogP contribution in [0.5, 0.6) is 0 Å². The Morgan fingerprint density at radius 2 is 1.41 bits per heavy atom. The van der Waals surface area contributed by atoms with Crippen LogP contribution in [0.4, 0.5) is 0 Å². The number of nitrogens with one attached hydrogen (secondary N) is 2. The lowest BCUT2D eigenvalue weighted by Gasteiger charge is -2.67. The molecule has 4 aliphatic rings. The van der Waals surface area contributed by atoms with E-state index in [4.69, 9.17) is 37.9 Å². The molecule has 2 bridgehead atoms. The van der Waals surface area contributed by atoms with Gasteiger partial charge in [-0.1, -0.05) is 80.6 Å². The van der Waals surface area contributed by atoms with Crippen LogP contribution >= 0.6 is 0 Å². The quantitative estimate of drug-likeness (QED) is 0.0418.